The first-order chi connectivity index (χ1) is 12.7. The second-order valence-corrected chi connectivity index (χ2v) is 6.65. The number of halogens is 4. The SMILES string of the molecule is CC(Oc1ccc(Cl)cc1OC1CN(C(=O)C(F)(F)F)C1)c1ccccc1. The number of ether oxygens (including phenoxy) is 2. The van der Waals surface area contributed by atoms with Crippen LogP contribution in [0.1, 0.15) is 18.6 Å². The van der Waals surface area contributed by atoms with Crippen LogP contribution in [0, 0.1) is 0 Å². The highest BCUT2D eigenvalue weighted by Crippen LogP contribution is 2.35. The van der Waals surface area contributed by atoms with Crippen molar-refractivity contribution in [2.24, 2.45) is 0 Å². The van der Waals surface area contributed by atoms with E-state index >= 15 is 0 Å². The molecule has 1 fully saturated rings. The minimum Gasteiger partial charge on any atom is -0.483 e. The van der Waals surface area contributed by atoms with Gasteiger partial charge >= 0.3 is 12.1 Å². The number of hydrogen-bond acceptors (Lipinski definition) is 3. The first-order valence-electron chi connectivity index (χ1n) is 8.28. The van der Waals surface area contributed by atoms with Crippen LogP contribution in [0.4, 0.5) is 13.2 Å². The molecule has 0 aromatic heterocycles. The molecular weight excluding hydrogens is 383 g/mol. The highest BCUT2D eigenvalue weighted by Gasteiger charge is 2.47. The molecule has 144 valence electrons. The molecule has 1 unspecified atom stereocenters. The quantitative estimate of drug-likeness (QED) is 0.735. The van der Waals surface area contributed by atoms with Crippen molar-refractivity contribution in [1.82, 2.24) is 4.90 Å². The molecule has 1 aliphatic rings. The van der Waals surface area contributed by atoms with Gasteiger partial charge in [0.1, 0.15) is 12.2 Å². The standard InChI is InChI=1S/C19H17ClF3NO3/c1-12(13-5-3-2-4-6-13)26-16-8-7-14(20)9-17(16)27-15-10-24(11-15)18(25)19(21,22)23/h2-9,12,15H,10-11H2,1H3. The Hall–Kier alpha value is -2.41. The molecule has 4 nitrogen and oxygen atoms in total. The lowest BCUT2D eigenvalue weighted by atomic mass is 10.1. The molecular formula is C19H17ClF3NO3. The van der Waals surface area contributed by atoms with Gasteiger partial charge in [0, 0.05) is 11.1 Å². The first-order valence-corrected chi connectivity index (χ1v) is 8.65. The fourth-order valence-corrected chi connectivity index (χ4v) is 2.85. The van der Waals surface area contributed by atoms with Crippen molar-refractivity contribution in [3.63, 3.8) is 0 Å². The highest BCUT2D eigenvalue weighted by molar-refractivity contribution is 6.30. The van der Waals surface area contributed by atoms with Gasteiger partial charge in [-0.15, -0.1) is 0 Å². The fourth-order valence-electron chi connectivity index (χ4n) is 2.69. The third kappa shape index (κ3) is 4.66. The molecule has 1 amide bonds. The van der Waals surface area contributed by atoms with Crippen LogP contribution >= 0.6 is 11.6 Å². The van der Waals surface area contributed by atoms with Crippen LogP contribution in [0.25, 0.3) is 0 Å². The summed E-state index contributed by atoms with van der Waals surface area (Å²) in [7, 11) is 0. The number of alkyl halides is 3. The van der Waals surface area contributed by atoms with Crippen molar-refractivity contribution < 1.29 is 27.4 Å². The van der Waals surface area contributed by atoms with E-state index in [1.807, 2.05) is 37.3 Å². The largest absolute Gasteiger partial charge is 0.483 e. The highest BCUT2D eigenvalue weighted by atomic mass is 35.5. The summed E-state index contributed by atoms with van der Waals surface area (Å²) in [5.74, 6) is -1.10. The normalized spacial score (nSPS) is 15.8. The molecule has 0 bridgehead atoms. The van der Waals surface area contributed by atoms with Crippen LogP contribution in [0.3, 0.4) is 0 Å². The molecule has 2 aromatic carbocycles. The predicted octanol–water partition coefficient (Wildman–Crippen LogP) is 4.63. The summed E-state index contributed by atoms with van der Waals surface area (Å²) in [5.41, 5.74) is 0.962. The fraction of sp³-hybridized carbons (Fsp3) is 0.316. The predicted molar refractivity (Wildman–Crippen MR) is 94.0 cm³/mol. The molecule has 0 aliphatic carbocycles. The molecule has 1 aliphatic heterocycles. The van der Waals surface area contributed by atoms with E-state index in [1.165, 1.54) is 0 Å². The van der Waals surface area contributed by atoms with Crippen LogP contribution in [0.2, 0.25) is 5.02 Å². The van der Waals surface area contributed by atoms with Crippen molar-refractivity contribution in [2.45, 2.75) is 25.3 Å². The number of carbonyl (C=O) groups is 1. The number of rotatable bonds is 5. The monoisotopic (exact) mass is 399 g/mol. The zero-order valence-corrected chi connectivity index (χ0v) is 15.1. The van der Waals surface area contributed by atoms with Gasteiger partial charge in [0.15, 0.2) is 11.5 Å². The van der Waals surface area contributed by atoms with Crippen LogP contribution < -0.4 is 9.47 Å². The smallest absolute Gasteiger partial charge is 0.471 e. The van der Waals surface area contributed by atoms with E-state index in [4.69, 9.17) is 21.1 Å². The van der Waals surface area contributed by atoms with E-state index in [1.54, 1.807) is 18.2 Å². The number of carbonyl (C=O) groups excluding carboxylic acids is 1. The zero-order chi connectivity index (χ0) is 19.6. The lowest BCUT2D eigenvalue weighted by Gasteiger charge is -2.39. The van der Waals surface area contributed by atoms with Crippen molar-refractivity contribution >= 4 is 17.5 Å². The molecule has 0 spiro atoms. The van der Waals surface area contributed by atoms with Gasteiger partial charge in [0.25, 0.3) is 0 Å². The Balaban J connectivity index is 1.66. The molecule has 1 saturated heterocycles. The Bertz CT molecular complexity index is 808. The summed E-state index contributed by atoms with van der Waals surface area (Å²) in [6, 6.07) is 14.4. The van der Waals surface area contributed by atoms with E-state index in [-0.39, 0.29) is 19.2 Å². The number of likely N-dealkylation sites (tertiary alicyclic amines) is 1. The van der Waals surface area contributed by atoms with Gasteiger partial charge in [-0.1, -0.05) is 41.9 Å². The van der Waals surface area contributed by atoms with E-state index in [9.17, 15) is 18.0 Å². The Morgan fingerprint density at radius 1 is 1.15 bits per heavy atom. The molecule has 2 aromatic rings. The van der Waals surface area contributed by atoms with Gasteiger partial charge in [0.05, 0.1) is 13.1 Å². The Kier molecular flexibility index (Phi) is 5.51. The summed E-state index contributed by atoms with van der Waals surface area (Å²) >= 11 is 6.01. The van der Waals surface area contributed by atoms with Crippen LogP contribution in [-0.2, 0) is 4.79 Å². The van der Waals surface area contributed by atoms with Crippen molar-refractivity contribution in [3.05, 3.63) is 59.1 Å². The average Bonchev–Trinajstić information content (AvgIpc) is 2.59. The van der Waals surface area contributed by atoms with E-state index in [0.717, 1.165) is 5.56 Å². The summed E-state index contributed by atoms with van der Waals surface area (Å²) in [5, 5.41) is 0.410. The maximum atomic E-state index is 12.4. The van der Waals surface area contributed by atoms with Gasteiger partial charge in [0.2, 0.25) is 0 Å². The molecule has 8 heteroatoms. The van der Waals surface area contributed by atoms with Gasteiger partial charge in [-0.3, -0.25) is 4.79 Å². The van der Waals surface area contributed by atoms with Gasteiger partial charge in [-0.05, 0) is 24.6 Å². The lowest BCUT2D eigenvalue weighted by molar-refractivity contribution is -0.193. The summed E-state index contributed by atoms with van der Waals surface area (Å²) < 4.78 is 48.9. The molecule has 1 heterocycles. The van der Waals surface area contributed by atoms with Gasteiger partial charge < -0.3 is 14.4 Å². The van der Waals surface area contributed by atoms with Crippen LogP contribution in [0.15, 0.2) is 48.5 Å². The van der Waals surface area contributed by atoms with Gasteiger partial charge in [-0.25, -0.2) is 0 Å². The second kappa shape index (κ2) is 7.68. The summed E-state index contributed by atoms with van der Waals surface area (Å²) in [4.78, 5) is 11.9. The maximum absolute atomic E-state index is 12.4. The van der Waals surface area contributed by atoms with Crippen molar-refractivity contribution in [2.75, 3.05) is 13.1 Å². The Morgan fingerprint density at radius 3 is 2.44 bits per heavy atom. The first kappa shape index (κ1) is 19.4. The molecule has 0 radical (unpaired) electrons. The second-order valence-electron chi connectivity index (χ2n) is 6.21. The Morgan fingerprint density at radius 2 is 1.81 bits per heavy atom. The number of nitrogens with zero attached hydrogens (tertiary/aromatic N) is 1. The van der Waals surface area contributed by atoms with Crippen LogP contribution in [-0.4, -0.2) is 36.2 Å². The average molecular weight is 400 g/mol. The molecule has 0 N–H and O–H groups in total. The van der Waals surface area contributed by atoms with Crippen molar-refractivity contribution in [1.29, 1.82) is 0 Å². The van der Waals surface area contributed by atoms with E-state index < -0.39 is 18.2 Å². The van der Waals surface area contributed by atoms with Crippen molar-refractivity contribution in [3.8, 4) is 11.5 Å². The number of hydrogen-bond donors (Lipinski definition) is 0. The third-order valence-electron chi connectivity index (χ3n) is 4.15. The van der Waals surface area contributed by atoms with Gasteiger partial charge in [-0.2, -0.15) is 13.2 Å². The molecule has 0 saturated carbocycles. The van der Waals surface area contributed by atoms with Crippen LogP contribution in [0.5, 0.6) is 11.5 Å². The molecule has 27 heavy (non-hydrogen) atoms. The molecule has 1 atom stereocenters. The van der Waals surface area contributed by atoms with E-state index in [2.05, 4.69) is 0 Å². The maximum Gasteiger partial charge on any atom is 0.471 e. The number of amides is 1. The summed E-state index contributed by atoms with van der Waals surface area (Å²) in [6.45, 7) is 1.60. The zero-order valence-electron chi connectivity index (χ0n) is 14.4. The lowest BCUT2D eigenvalue weighted by Crippen LogP contribution is -2.59. The third-order valence-corrected chi connectivity index (χ3v) is 4.38. The minimum absolute atomic E-state index is 0.140. The molecule has 3 rings (SSSR count). The summed E-state index contributed by atoms with van der Waals surface area (Å²) in [6.07, 6.45) is -5.69. The minimum atomic E-state index is -4.87. The number of benzene rings is 2. The topological polar surface area (TPSA) is 38.8 Å². The van der Waals surface area contributed by atoms with E-state index in [0.29, 0.717) is 21.4 Å². The Labute approximate surface area is 159 Å².